The van der Waals surface area contributed by atoms with Gasteiger partial charge in [0.1, 0.15) is 52.5 Å². The molecule has 1 amide bonds. The number of esters is 1. The minimum absolute atomic E-state index is 0.0228. The average molecular weight is 719 g/mol. The lowest BCUT2D eigenvalue weighted by Gasteiger charge is -2.24. The summed E-state index contributed by atoms with van der Waals surface area (Å²) >= 11 is 8.83. The summed E-state index contributed by atoms with van der Waals surface area (Å²) in [5, 5.41) is 16.6. The van der Waals surface area contributed by atoms with Gasteiger partial charge in [0, 0.05) is 27.3 Å². The highest BCUT2D eigenvalue weighted by Crippen LogP contribution is 2.42. The van der Waals surface area contributed by atoms with Crippen LogP contribution in [0.5, 0.6) is 5.75 Å². The predicted molar refractivity (Wildman–Crippen MR) is 192 cm³/mol. The van der Waals surface area contributed by atoms with E-state index in [0.29, 0.717) is 32.7 Å². The van der Waals surface area contributed by atoms with Crippen LogP contribution in [0.15, 0.2) is 58.9 Å². The molecule has 4 aromatic rings. The third-order valence-corrected chi connectivity index (χ3v) is 8.92. The quantitative estimate of drug-likeness (QED) is 0.0633. The van der Waals surface area contributed by atoms with Gasteiger partial charge in [-0.25, -0.2) is 24.4 Å². The smallest absolute Gasteiger partial charge is 0.408 e. The highest BCUT2D eigenvalue weighted by Gasteiger charge is 2.28. The zero-order chi connectivity index (χ0) is 35.7. The number of benzene rings is 2. The number of aromatic nitrogens is 2. The van der Waals surface area contributed by atoms with Crippen LogP contribution in [0, 0.1) is 23.8 Å². The SMILES string of the molecule is [C-]#[N+]c1c(N)nc(SCc2csc(-c3ccc(Cl)cc3)n2)c(C#N)c1-c1ccc(OCCOC(=O)[C@@H](NC(=O)OC(C)(C)C)C(C)C)cc1. The van der Waals surface area contributed by atoms with Gasteiger partial charge in [-0.05, 0) is 56.5 Å². The van der Waals surface area contributed by atoms with Gasteiger partial charge in [-0.3, -0.25) is 0 Å². The Morgan fingerprint density at radius 1 is 1.10 bits per heavy atom. The van der Waals surface area contributed by atoms with E-state index in [1.165, 1.54) is 23.1 Å². The zero-order valence-corrected chi connectivity index (χ0v) is 30.0. The van der Waals surface area contributed by atoms with E-state index in [-0.39, 0.29) is 36.2 Å². The first-order valence-electron chi connectivity index (χ1n) is 15.1. The van der Waals surface area contributed by atoms with E-state index in [0.717, 1.165) is 16.3 Å². The van der Waals surface area contributed by atoms with Crippen LogP contribution in [-0.4, -0.2) is 46.9 Å². The largest absolute Gasteiger partial charge is 0.490 e. The van der Waals surface area contributed by atoms with Crippen LogP contribution in [0.4, 0.5) is 16.3 Å². The lowest BCUT2D eigenvalue weighted by atomic mass is 10.00. The Kier molecular flexibility index (Phi) is 12.5. The average Bonchev–Trinajstić information content (AvgIpc) is 3.53. The van der Waals surface area contributed by atoms with E-state index in [4.69, 9.17) is 43.1 Å². The van der Waals surface area contributed by atoms with Gasteiger partial charge in [0.15, 0.2) is 0 Å². The lowest BCUT2D eigenvalue weighted by Crippen LogP contribution is -2.47. The fraction of sp³-hybridized carbons (Fsp3) is 0.314. The van der Waals surface area contributed by atoms with Gasteiger partial charge < -0.3 is 25.3 Å². The summed E-state index contributed by atoms with van der Waals surface area (Å²) in [6, 6.07) is 15.6. The maximum atomic E-state index is 12.6. The van der Waals surface area contributed by atoms with E-state index >= 15 is 0 Å². The standard InChI is InChI=1S/C35H35ClN6O5S2/c1-20(2)28(41-34(44)47-35(3,4)5)33(43)46-16-15-45-25-13-9-21(10-14-25)27-26(17-37)32(42-30(38)29(27)39-6)49-19-24-18-48-31(40-24)22-7-11-23(36)12-8-22/h7-14,18,20,28H,15-16,19H2,1-5H3,(H2,38,42)(H,41,44)/t28-/m0/s1. The molecule has 0 aliphatic rings. The molecule has 11 nitrogen and oxygen atoms in total. The van der Waals surface area contributed by atoms with Gasteiger partial charge in [0.2, 0.25) is 5.69 Å². The molecule has 49 heavy (non-hydrogen) atoms. The Hall–Kier alpha value is -4.82. The molecule has 0 radical (unpaired) electrons. The predicted octanol–water partition coefficient (Wildman–Crippen LogP) is 8.29. The first kappa shape index (κ1) is 37.0. The molecule has 14 heteroatoms. The fourth-order valence-electron chi connectivity index (χ4n) is 4.46. The van der Waals surface area contributed by atoms with Gasteiger partial charge in [-0.15, -0.1) is 11.3 Å². The van der Waals surface area contributed by atoms with E-state index in [2.05, 4.69) is 21.2 Å². The summed E-state index contributed by atoms with van der Waals surface area (Å²) in [5.74, 6) is 0.111. The number of nitriles is 1. The van der Waals surface area contributed by atoms with Crippen molar-refractivity contribution in [2.75, 3.05) is 18.9 Å². The molecule has 1 atom stereocenters. The van der Waals surface area contributed by atoms with Crippen molar-refractivity contribution in [2.45, 2.75) is 57.0 Å². The van der Waals surface area contributed by atoms with Crippen molar-refractivity contribution in [3.8, 4) is 33.5 Å². The Labute approximate surface area is 298 Å². The second kappa shape index (κ2) is 16.5. The first-order chi connectivity index (χ1) is 23.3. The van der Waals surface area contributed by atoms with Crippen molar-refractivity contribution < 1.29 is 23.8 Å². The number of carbonyl (C=O) groups is 2. The molecule has 0 spiro atoms. The van der Waals surface area contributed by atoms with Crippen LogP contribution in [0.25, 0.3) is 26.5 Å². The molecule has 2 heterocycles. The van der Waals surface area contributed by atoms with Crippen LogP contribution in [0.1, 0.15) is 45.9 Å². The number of alkyl carbamates (subject to hydrolysis) is 1. The number of ether oxygens (including phenoxy) is 3. The highest BCUT2D eigenvalue weighted by atomic mass is 35.5. The van der Waals surface area contributed by atoms with Gasteiger partial charge in [-0.1, -0.05) is 61.5 Å². The molecule has 0 fully saturated rings. The number of anilines is 1. The van der Waals surface area contributed by atoms with Crippen molar-refractivity contribution in [3.63, 3.8) is 0 Å². The molecule has 0 aliphatic heterocycles. The fourth-order valence-corrected chi connectivity index (χ4v) is 6.40. The molecule has 3 N–H and O–H groups in total. The molecule has 0 saturated heterocycles. The van der Waals surface area contributed by atoms with Crippen LogP contribution in [-0.2, 0) is 20.0 Å². The Bertz CT molecular complexity index is 1880. The maximum Gasteiger partial charge on any atom is 0.408 e. The molecule has 2 aromatic carbocycles. The monoisotopic (exact) mass is 718 g/mol. The van der Waals surface area contributed by atoms with Crippen LogP contribution in [0.3, 0.4) is 0 Å². The van der Waals surface area contributed by atoms with Gasteiger partial charge in [0.05, 0.1) is 17.8 Å². The van der Waals surface area contributed by atoms with Crippen molar-refractivity contribution in [1.29, 1.82) is 5.26 Å². The molecule has 0 saturated carbocycles. The van der Waals surface area contributed by atoms with E-state index in [9.17, 15) is 14.9 Å². The number of nitrogens with zero attached hydrogens (tertiary/aromatic N) is 4. The summed E-state index contributed by atoms with van der Waals surface area (Å²) in [6.07, 6.45) is -0.703. The molecule has 0 bridgehead atoms. The minimum Gasteiger partial charge on any atom is -0.490 e. The number of thiazole rings is 1. The van der Waals surface area contributed by atoms with Crippen LogP contribution >= 0.6 is 34.7 Å². The Morgan fingerprint density at radius 3 is 2.39 bits per heavy atom. The Morgan fingerprint density at radius 2 is 1.78 bits per heavy atom. The van der Waals surface area contributed by atoms with Gasteiger partial charge in [-0.2, -0.15) is 5.26 Å². The van der Waals surface area contributed by atoms with Gasteiger partial charge in [0.25, 0.3) is 0 Å². The summed E-state index contributed by atoms with van der Waals surface area (Å²) in [5.41, 5.74) is 8.56. The number of halogens is 1. The summed E-state index contributed by atoms with van der Waals surface area (Å²) in [7, 11) is 0. The first-order valence-corrected chi connectivity index (χ1v) is 17.4. The number of nitrogens with two attached hydrogens (primary N) is 1. The van der Waals surface area contributed by atoms with E-state index in [1.807, 2.05) is 29.6 Å². The summed E-state index contributed by atoms with van der Waals surface area (Å²) in [4.78, 5) is 37.5. The number of thioether (sulfide) groups is 1. The molecule has 2 aromatic heterocycles. The van der Waals surface area contributed by atoms with Crippen molar-refractivity contribution >= 4 is 58.3 Å². The maximum absolute atomic E-state index is 12.6. The zero-order valence-electron chi connectivity index (χ0n) is 27.6. The molecule has 0 unspecified atom stereocenters. The number of nitrogen functional groups attached to an aromatic ring is 1. The van der Waals surface area contributed by atoms with Crippen LogP contribution in [0.2, 0.25) is 5.02 Å². The molecular formula is C35H35ClN6O5S2. The Balaban J connectivity index is 1.41. The highest BCUT2D eigenvalue weighted by molar-refractivity contribution is 7.98. The van der Waals surface area contributed by atoms with E-state index in [1.54, 1.807) is 58.9 Å². The van der Waals surface area contributed by atoms with Crippen LogP contribution < -0.4 is 15.8 Å². The number of pyridine rings is 1. The number of hydrogen-bond acceptors (Lipinski definition) is 11. The molecule has 0 aliphatic carbocycles. The molecule has 254 valence electrons. The number of carbonyl (C=O) groups excluding carboxylic acids is 2. The van der Waals surface area contributed by atoms with Crippen molar-refractivity contribution in [2.24, 2.45) is 5.92 Å². The normalized spacial score (nSPS) is 11.7. The number of amides is 1. The molecule has 4 rings (SSSR count). The van der Waals surface area contributed by atoms with Crippen molar-refractivity contribution in [3.05, 3.63) is 81.6 Å². The van der Waals surface area contributed by atoms with Crippen molar-refractivity contribution in [1.82, 2.24) is 15.3 Å². The van der Waals surface area contributed by atoms with Gasteiger partial charge >= 0.3 is 12.1 Å². The number of rotatable bonds is 12. The number of nitrogens with one attached hydrogen (secondary N) is 1. The third kappa shape index (κ3) is 10.1. The molecular weight excluding hydrogens is 684 g/mol. The summed E-state index contributed by atoms with van der Waals surface area (Å²) < 4.78 is 16.3. The lowest BCUT2D eigenvalue weighted by molar-refractivity contribution is -0.148. The minimum atomic E-state index is -0.885. The second-order valence-corrected chi connectivity index (χ2v) is 14.2. The van der Waals surface area contributed by atoms with E-state index < -0.39 is 23.7 Å². The second-order valence-electron chi connectivity index (χ2n) is 12.0. The topological polar surface area (TPSA) is 154 Å². The third-order valence-electron chi connectivity index (χ3n) is 6.72. The summed E-state index contributed by atoms with van der Waals surface area (Å²) in [6.45, 7) is 16.5. The number of hydrogen-bond donors (Lipinski definition) is 2.